The normalized spacial score (nSPS) is 21.6. The van der Waals surface area contributed by atoms with Gasteiger partial charge in [-0.1, -0.05) is 34.8 Å². The summed E-state index contributed by atoms with van der Waals surface area (Å²) in [4.78, 5) is -0.158. The van der Waals surface area contributed by atoms with Gasteiger partial charge in [-0.25, -0.2) is 8.42 Å². The van der Waals surface area contributed by atoms with Gasteiger partial charge in [-0.3, -0.25) is 0 Å². The van der Waals surface area contributed by atoms with E-state index in [0.29, 0.717) is 19.4 Å². The van der Waals surface area contributed by atoms with E-state index in [2.05, 4.69) is 0 Å². The first-order valence-electron chi connectivity index (χ1n) is 5.65. The summed E-state index contributed by atoms with van der Waals surface area (Å²) in [6.45, 7) is 0.395. The van der Waals surface area contributed by atoms with Crippen LogP contribution in [0.15, 0.2) is 17.0 Å². The van der Waals surface area contributed by atoms with Gasteiger partial charge in [0.15, 0.2) is 0 Å². The van der Waals surface area contributed by atoms with E-state index in [0.717, 1.165) is 0 Å². The highest BCUT2D eigenvalue weighted by Crippen LogP contribution is 2.35. The Morgan fingerprint density at radius 2 is 1.79 bits per heavy atom. The Labute approximate surface area is 126 Å². The molecular formula is C11H12Cl3NO3S. The number of nitrogens with zero attached hydrogens (tertiary/aromatic N) is 1. The monoisotopic (exact) mass is 343 g/mol. The Morgan fingerprint density at radius 1 is 1.21 bits per heavy atom. The molecule has 0 aliphatic carbocycles. The lowest BCUT2D eigenvalue weighted by Gasteiger charge is -2.29. The summed E-state index contributed by atoms with van der Waals surface area (Å²) in [6.07, 6.45) is 0.533. The predicted octanol–water partition coefficient (Wildman–Crippen LogP) is 2.79. The first kappa shape index (κ1) is 15.4. The van der Waals surface area contributed by atoms with Crippen molar-refractivity contribution in [2.75, 3.05) is 13.1 Å². The first-order chi connectivity index (χ1) is 8.82. The van der Waals surface area contributed by atoms with Crippen LogP contribution in [0.2, 0.25) is 15.1 Å². The molecule has 0 aromatic heterocycles. The van der Waals surface area contributed by atoms with Gasteiger partial charge in [0.25, 0.3) is 0 Å². The maximum Gasteiger partial charge on any atom is 0.246 e. The van der Waals surface area contributed by atoms with E-state index in [1.165, 1.54) is 16.4 Å². The third kappa shape index (κ3) is 3.17. The summed E-state index contributed by atoms with van der Waals surface area (Å²) >= 11 is 17.6. The van der Waals surface area contributed by atoms with E-state index < -0.39 is 16.1 Å². The Bertz CT molecular complexity index is 568. The summed E-state index contributed by atoms with van der Waals surface area (Å²) in [7, 11) is -3.82. The van der Waals surface area contributed by atoms with Crippen molar-refractivity contribution in [2.24, 2.45) is 0 Å². The fourth-order valence-corrected chi connectivity index (χ4v) is 5.05. The number of sulfonamides is 1. The lowest BCUT2D eigenvalue weighted by atomic mass is 10.1. The summed E-state index contributed by atoms with van der Waals surface area (Å²) in [5.74, 6) is 0. The summed E-state index contributed by atoms with van der Waals surface area (Å²) < 4.78 is 26.2. The number of β-amino-alcohol motifs (C(OH)–C–C–N with tert-alkyl or cyclic N) is 1. The van der Waals surface area contributed by atoms with E-state index >= 15 is 0 Å². The molecule has 1 aromatic carbocycles. The average Bonchev–Trinajstić information content (AvgIpc) is 2.26. The zero-order chi connectivity index (χ0) is 14.2. The molecule has 106 valence electrons. The molecule has 4 nitrogen and oxygen atoms in total. The van der Waals surface area contributed by atoms with E-state index in [9.17, 15) is 13.5 Å². The van der Waals surface area contributed by atoms with Crippen molar-refractivity contribution in [1.82, 2.24) is 4.31 Å². The lowest BCUT2D eigenvalue weighted by molar-refractivity contribution is 0.108. The number of hydrogen-bond donors (Lipinski definition) is 1. The Kier molecular flexibility index (Phi) is 4.65. The van der Waals surface area contributed by atoms with Crippen LogP contribution in [0.4, 0.5) is 0 Å². The molecule has 1 fully saturated rings. The lowest BCUT2D eigenvalue weighted by Crippen LogP contribution is -2.42. The van der Waals surface area contributed by atoms with Gasteiger partial charge in [0.2, 0.25) is 10.0 Å². The van der Waals surface area contributed by atoms with Gasteiger partial charge in [0.05, 0.1) is 16.1 Å². The predicted molar refractivity (Wildman–Crippen MR) is 75.5 cm³/mol. The SMILES string of the molecule is O=S(=O)(c1c(Cl)cc(Cl)cc1Cl)N1CCCC(O)C1. The molecule has 0 bridgehead atoms. The average molecular weight is 345 g/mol. The molecule has 1 unspecified atom stereocenters. The number of hydrogen-bond acceptors (Lipinski definition) is 3. The molecule has 1 saturated heterocycles. The zero-order valence-electron chi connectivity index (χ0n) is 9.81. The largest absolute Gasteiger partial charge is 0.392 e. The van der Waals surface area contributed by atoms with Crippen molar-refractivity contribution in [3.05, 3.63) is 27.2 Å². The highest BCUT2D eigenvalue weighted by molar-refractivity contribution is 7.89. The topological polar surface area (TPSA) is 57.6 Å². The second-order valence-corrected chi connectivity index (χ2v) is 7.48. The van der Waals surface area contributed by atoms with Crippen molar-refractivity contribution in [1.29, 1.82) is 0 Å². The quantitative estimate of drug-likeness (QED) is 0.897. The van der Waals surface area contributed by atoms with Crippen molar-refractivity contribution < 1.29 is 13.5 Å². The Balaban J connectivity index is 2.45. The van der Waals surface area contributed by atoms with Gasteiger partial charge < -0.3 is 5.11 Å². The molecule has 1 aliphatic rings. The number of rotatable bonds is 2. The van der Waals surface area contributed by atoms with Crippen molar-refractivity contribution >= 4 is 44.8 Å². The number of halogens is 3. The highest BCUT2D eigenvalue weighted by Gasteiger charge is 2.32. The van der Waals surface area contributed by atoms with Gasteiger partial charge in [-0.15, -0.1) is 0 Å². The molecular weight excluding hydrogens is 333 g/mol. The third-order valence-electron chi connectivity index (χ3n) is 2.92. The van der Waals surface area contributed by atoms with Crippen LogP contribution in [0.3, 0.4) is 0 Å². The molecule has 0 saturated carbocycles. The molecule has 0 radical (unpaired) electrons. The van der Waals surface area contributed by atoms with Gasteiger partial charge in [0.1, 0.15) is 4.90 Å². The first-order valence-corrected chi connectivity index (χ1v) is 8.22. The number of aliphatic hydroxyl groups excluding tert-OH is 1. The Hall–Kier alpha value is -0.0400. The van der Waals surface area contributed by atoms with Crippen LogP contribution < -0.4 is 0 Å². The molecule has 1 aliphatic heterocycles. The van der Waals surface area contributed by atoms with Crippen LogP contribution in [0.25, 0.3) is 0 Å². The van der Waals surface area contributed by atoms with Gasteiger partial charge in [0, 0.05) is 18.1 Å². The standard InChI is InChI=1S/C11H12Cl3NO3S/c12-7-4-9(13)11(10(14)5-7)19(17,18)15-3-1-2-8(16)6-15/h4-5,8,16H,1-3,6H2. The van der Waals surface area contributed by atoms with Gasteiger partial charge in [-0.2, -0.15) is 4.31 Å². The minimum atomic E-state index is -3.82. The van der Waals surface area contributed by atoms with Crippen LogP contribution >= 0.6 is 34.8 Å². The summed E-state index contributed by atoms with van der Waals surface area (Å²) in [5.41, 5.74) is 0. The fraction of sp³-hybridized carbons (Fsp3) is 0.455. The highest BCUT2D eigenvalue weighted by atomic mass is 35.5. The molecule has 1 atom stereocenters. The van der Waals surface area contributed by atoms with Gasteiger partial charge >= 0.3 is 0 Å². The second-order valence-electron chi connectivity index (χ2n) is 4.36. The molecule has 2 rings (SSSR count). The second kappa shape index (κ2) is 5.76. The molecule has 19 heavy (non-hydrogen) atoms. The molecule has 0 amide bonds. The molecule has 0 spiro atoms. The smallest absolute Gasteiger partial charge is 0.246 e. The van der Waals surface area contributed by atoms with Crippen molar-refractivity contribution in [2.45, 2.75) is 23.8 Å². The van der Waals surface area contributed by atoms with Gasteiger partial charge in [-0.05, 0) is 25.0 Å². The van der Waals surface area contributed by atoms with Crippen molar-refractivity contribution in [3.8, 4) is 0 Å². The van der Waals surface area contributed by atoms with Crippen LogP contribution in [-0.2, 0) is 10.0 Å². The molecule has 1 N–H and O–H groups in total. The maximum atomic E-state index is 12.5. The van der Waals surface area contributed by atoms with Crippen molar-refractivity contribution in [3.63, 3.8) is 0 Å². The van der Waals surface area contributed by atoms with E-state index in [1.54, 1.807) is 0 Å². The fourth-order valence-electron chi connectivity index (χ4n) is 2.04. The minimum Gasteiger partial charge on any atom is -0.392 e. The van der Waals surface area contributed by atoms with Crippen LogP contribution in [-0.4, -0.2) is 37.0 Å². The minimum absolute atomic E-state index is 0.0161. The van der Waals surface area contributed by atoms with E-state index in [4.69, 9.17) is 34.8 Å². The molecule has 8 heteroatoms. The maximum absolute atomic E-state index is 12.5. The zero-order valence-corrected chi connectivity index (χ0v) is 12.9. The van der Waals surface area contributed by atoms with Crippen LogP contribution in [0.5, 0.6) is 0 Å². The van der Waals surface area contributed by atoms with Crippen LogP contribution in [0.1, 0.15) is 12.8 Å². The van der Waals surface area contributed by atoms with Crippen LogP contribution in [0, 0.1) is 0 Å². The summed E-state index contributed by atoms with van der Waals surface area (Å²) in [6, 6.07) is 2.67. The number of piperidine rings is 1. The Morgan fingerprint density at radius 3 is 2.32 bits per heavy atom. The van der Waals surface area contributed by atoms with E-state index in [1.807, 2.05) is 0 Å². The number of aliphatic hydroxyl groups is 1. The summed E-state index contributed by atoms with van der Waals surface area (Å²) in [5, 5.41) is 9.82. The number of benzene rings is 1. The molecule has 1 heterocycles. The molecule has 1 aromatic rings. The third-order valence-corrected chi connectivity index (χ3v) is 5.93. The van der Waals surface area contributed by atoms with E-state index in [-0.39, 0.29) is 26.5 Å².